The highest BCUT2D eigenvalue weighted by Crippen LogP contribution is 2.31. The SMILES string of the molecule is O=C(CC1CCCN1)NCC1CCCC1C(=O)O. The van der Waals surface area contributed by atoms with Gasteiger partial charge in [-0.1, -0.05) is 6.42 Å². The number of carbonyl (C=O) groups excluding carboxylic acids is 1. The molecule has 0 radical (unpaired) electrons. The third kappa shape index (κ3) is 3.45. The van der Waals surface area contributed by atoms with E-state index in [0.717, 1.165) is 38.6 Å². The highest BCUT2D eigenvalue weighted by molar-refractivity contribution is 5.76. The van der Waals surface area contributed by atoms with E-state index in [1.807, 2.05) is 0 Å². The molecule has 1 amide bonds. The predicted molar refractivity (Wildman–Crippen MR) is 67.1 cm³/mol. The van der Waals surface area contributed by atoms with Crippen molar-refractivity contribution in [2.24, 2.45) is 11.8 Å². The minimum atomic E-state index is -0.718. The Morgan fingerprint density at radius 1 is 1.22 bits per heavy atom. The lowest BCUT2D eigenvalue weighted by Crippen LogP contribution is -2.36. The average Bonchev–Trinajstić information content (AvgIpc) is 2.96. The second-order valence-corrected chi connectivity index (χ2v) is 5.44. The van der Waals surface area contributed by atoms with Crippen LogP contribution in [0.1, 0.15) is 38.5 Å². The molecule has 0 spiro atoms. The Labute approximate surface area is 107 Å². The standard InChI is InChI=1S/C13H22N2O3/c16-12(7-10-4-2-6-14-10)15-8-9-3-1-5-11(9)13(17)18/h9-11,14H,1-8H2,(H,15,16)(H,17,18). The zero-order valence-electron chi connectivity index (χ0n) is 10.7. The summed E-state index contributed by atoms with van der Waals surface area (Å²) < 4.78 is 0. The maximum atomic E-state index is 11.7. The van der Waals surface area contributed by atoms with Gasteiger partial charge in [-0.3, -0.25) is 9.59 Å². The Morgan fingerprint density at radius 2 is 2.06 bits per heavy atom. The molecular formula is C13H22N2O3. The van der Waals surface area contributed by atoms with E-state index in [9.17, 15) is 9.59 Å². The number of amides is 1. The zero-order chi connectivity index (χ0) is 13.0. The molecule has 5 heteroatoms. The molecule has 1 saturated heterocycles. The quantitative estimate of drug-likeness (QED) is 0.676. The summed E-state index contributed by atoms with van der Waals surface area (Å²) in [6.45, 7) is 1.52. The smallest absolute Gasteiger partial charge is 0.306 e. The number of carboxylic acid groups (broad SMARTS) is 1. The number of carbonyl (C=O) groups is 2. The van der Waals surface area contributed by atoms with E-state index in [-0.39, 0.29) is 17.7 Å². The molecule has 18 heavy (non-hydrogen) atoms. The fraction of sp³-hybridized carbons (Fsp3) is 0.846. The van der Waals surface area contributed by atoms with Crippen LogP contribution < -0.4 is 10.6 Å². The van der Waals surface area contributed by atoms with E-state index in [4.69, 9.17) is 5.11 Å². The Hall–Kier alpha value is -1.10. The van der Waals surface area contributed by atoms with Gasteiger partial charge < -0.3 is 15.7 Å². The van der Waals surface area contributed by atoms with Gasteiger partial charge in [0.2, 0.25) is 5.91 Å². The van der Waals surface area contributed by atoms with Gasteiger partial charge in [-0.25, -0.2) is 0 Å². The van der Waals surface area contributed by atoms with Crippen molar-refractivity contribution in [3.63, 3.8) is 0 Å². The van der Waals surface area contributed by atoms with Gasteiger partial charge in [0.05, 0.1) is 5.92 Å². The molecule has 0 bridgehead atoms. The summed E-state index contributed by atoms with van der Waals surface area (Å²) in [6.07, 6.45) is 5.35. The van der Waals surface area contributed by atoms with Crippen LogP contribution >= 0.6 is 0 Å². The molecule has 1 heterocycles. The summed E-state index contributed by atoms with van der Waals surface area (Å²) in [6, 6.07) is 0.309. The molecule has 3 unspecified atom stereocenters. The number of aliphatic carboxylic acids is 1. The minimum Gasteiger partial charge on any atom is -0.481 e. The first-order valence-corrected chi connectivity index (χ1v) is 6.89. The monoisotopic (exact) mass is 254 g/mol. The zero-order valence-corrected chi connectivity index (χ0v) is 10.7. The average molecular weight is 254 g/mol. The largest absolute Gasteiger partial charge is 0.481 e. The molecule has 3 atom stereocenters. The van der Waals surface area contributed by atoms with Crippen LogP contribution in [0.3, 0.4) is 0 Å². The summed E-state index contributed by atoms with van der Waals surface area (Å²) in [4.78, 5) is 22.7. The third-order valence-corrected chi connectivity index (χ3v) is 4.13. The van der Waals surface area contributed by atoms with Crippen LogP contribution in [-0.2, 0) is 9.59 Å². The molecule has 0 aromatic carbocycles. The third-order valence-electron chi connectivity index (χ3n) is 4.13. The van der Waals surface area contributed by atoms with Crippen molar-refractivity contribution in [3.8, 4) is 0 Å². The normalized spacial score (nSPS) is 31.4. The Balaban J connectivity index is 1.70. The van der Waals surface area contributed by atoms with Gasteiger partial charge in [-0.05, 0) is 38.1 Å². The second-order valence-electron chi connectivity index (χ2n) is 5.44. The number of nitrogens with one attached hydrogen (secondary N) is 2. The molecule has 1 aliphatic carbocycles. The lowest BCUT2D eigenvalue weighted by molar-refractivity contribution is -0.143. The fourth-order valence-corrected chi connectivity index (χ4v) is 3.08. The molecule has 1 saturated carbocycles. The van der Waals surface area contributed by atoms with Crippen molar-refractivity contribution < 1.29 is 14.7 Å². The predicted octanol–water partition coefficient (Wildman–Crippen LogP) is 0.746. The number of rotatable bonds is 5. The molecule has 102 valence electrons. The summed E-state index contributed by atoms with van der Waals surface area (Å²) in [5.74, 6) is -0.826. The summed E-state index contributed by atoms with van der Waals surface area (Å²) in [5, 5.41) is 15.2. The Morgan fingerprint density at radius 3 is 2.72 bits per heavy atom. The van der Waals surface area contributed by atoms with E-state index in [1.165, 1.54) is 0 Å². The van der Waals surface area contributed by atoms with Crippen molar-refractivity contribution in [3.05, 3.63) is 0 Å². The van der Waals surface area contributed by atoms with Gasteiger partial charge in [0.1, 0.15) is 0 Å². The van der Waals surface area contributed by atoms with Crippen LogP contribution in [-0.4, -0.2) is 36.1 Å². The molecule has 1 aliphatic heterocycles. The molecule has 2 rings (SSSR count). The maximum Gasteiger partial charge on any atom is 0.306 e. The van der Waals surface area contributed by atoms with E-state index < -0.39 is 5.97 Å². The van der Waals surface area contributed by atoms with Gasteiger partial charge >= 0.3 is 5.97 Å². The lowest BCUT2D eigenvalue weighted by atomic mass is 9.96. The van der Waals surface area contributed by atoms with E-state index in [1.54, 1.807) is 0 Å². The van der Waals surface area contributed by atoms with Crippen LogP contribution in [0.5, 0.6) is 0 Å². The van der Waals surface area contributed by atoms with E-state index >= 15 is 0 Å². The van der Waals surface area contributed by atoms with Gasteiger partial charge in [-0.2, -0.15) is 0 Å². The first kappa shape index (κ1) is 13.3. The van der Waals surface area contributed by atoms with Gasteiger partial charge in [0, 0.05) is 19.0 Å². The van der Waals surface area contributed by atoms with Gasteiger partial charge in [0.25, 0.3) is 0 Å². The van der Waals surface area contributed by atoms with Crippen molar-refractivity contribution in [2.45, 2.75) is 44.6 Å². The lowest BCUT2D eigenvalue weighted by Gasteiger charge is -2.17. The van der Waals surface area contributed by atoms with E-state index in [0.29, 0.717) is 19.0 Å². The summed E-state index contributed by atoms with van der Waals surface area (Å²) in [5.41, 5.74) is 0. The van der Waals surface area contributed by atoms with Crippen LogP contribution in [0, 0.1) is 11.8 Å². The first-order valence-electron chi connectivity index (χ1n) is 6.89. The Kier molecular flexibility index (Phi) is 4.58. The number of hydrogen-bond donors (Lipinski definition) is 3. The highest BCUT2D eigenvalue weighted by atomic mass is 16.4. The van der Waals surface area contributed by atoms with E-state index in [2.05, 4.69) is 10.6 Å². The van der Waals surface area contributed by atoms with Gasteiger partial charge in [0.15, 0.2) is 0 Å². The fourth-order valence-electron chi connectivity index (χ4n) is 3.08. The maximum absolute atomic E-state index is 11.7. The van der Waals surface area contributed by atoms with Crippen molar-refractivity contribution in [2.75, 3.05) is 13.1 Å². The van der Waals surface area contributed by atoms with Crippen LogP contribution in [0.2, 0.25) is 0 Å². The first-order chi connectivity index (χ1) is 8.66. The molecule has 0 aromatic heterocycles. The van der Waals surface area contributed by atoms with Crippen molar-refractivity contribution in [1.29, 1.82) is 0 Å². The molecule has 0 aromatic rings. The molecular weight excluding hydrogens is 232 g/mol. The number of carboxylic acids is 1. The van der Waals surface area contributed by atoms with Gasteiger partial charge in [-0.15, -0.1) is 0 Å². The number of hydrogen-bond acceptors (Lipinski definition) is 3. The molecule has 3 N–H and O–H groups in total. The minimum absolute atomic E-state index is 0.0467. The molecule has 5 nitrogen and oxygen atoms in total. The van der Waals surface area contributed by atoms with Crippen LogP contribution in [0.15, 0.2) is 0 Å². The van der Waals surface area contributed by atoms with Crippen molar-refractivity contribution in [1.82, 2.24) is 10.6 Å². The van der Waals surface area contributed by atoms with Crippen molar-refractivity contribution >= 4 is 11.9 Å². The Bertz CT molecular complexity index is 313. The summed E-state index contributed by atoms with van der Waals surface area (Å²) in [7, 11) is 0. The van der Waals surface area contributed by atoms with Crippen LogP contribution in [0.25, 0.3) is 0 Å². The summed E-state index contributed by atoms with van der Waals surface area (Å²) >= 11 is 0. The topological polar surface area (TPSA) is 78.4 Å². The molecule has 2 fully saturated rings. The second kappa shape index (κ2) is 6.18. The highest BCUT2D eigenvalue weighted by Gasteiger charge is 2.32. The van der Waals surface area contributed by atoms with Crippen LogP contribution in [0.4, 0.5) is 0 Å². The molecule has 2 aliphatic rings.